The van der Waals surface area contributed by atoms with Gasteiger partial charge in [-0.1, -0.05) is 19.8 Å². The zero-order chi connectivity index (χ0) is 16.8. The lowest BCUT2D eigenvalue weighted by Gasteiger charge is -2.36. The maximum atomic E-state index is 5.03. The quantitative estimate of drug-likeness (QED) is 0.518. The third kappa shape index (κ3) is 2.70. The lowest BCUT2D eigenvalue weighted by Crippen LogP contribution is -2.49. The van der Waals surface area contributed by atoms with Crippen LogP contribution in [0.3, 0.4) is 0 Å². The molecule has 0 radical (unpaired) electrons. The molecule has 3 nitrogen and oxygen atoms in total. The molecule has 24 heavy (non-hydrogen) atoms. The Bertz CT molecular complexity index is 938. The third-order valence-corrected chi connectivity index (χ3v) is 9.15. The van der Waals surface area contributed by atoms with Crippen molar-refractivity contribution in [1.82, 2.24) is 5.32 Å². The van der Waals surface area contributed by atoms with Crippen molar-refractivity contribution in [2.75, 3.05) is 24.5 Å². The second kappa shape index (κ2) is 6.42. The summed E-state index contributed by atoms with van der Waals surface area (Å²) in [6, 6.07) is 11.8. The van der Waals surface area contributed by atoms with Gasteiger partial charge in [0.1, 0.15) is 0 Å². The molecular weight excluding hydrogens is 429 g/mol. The summed E-state index contributed by atoms with van der Waals surface area (Å²) in [5.41, 5.74) is 5.09. The van der Waals surface area contributed by atoms with Crippen LogP contribution in [0.15, 0.2) is 40.2 Å². The highest BCUT2D eigenvalue weighted by Gasteiger charge is 2.22. The fourth-order valence-electron chi connectivity index (χ4n) is 3.55. The van der Waals surface area contributed by atoms with Crippen LogP contribution >= 0.6 is 28.9 Å². The molecule has 1 fully saturated rings. The zero-order valence-corrected chi connectivity index (χ0v) is 17.2. The number of benzene rings is 2. The first-order valence-corrected chi connectivity index (χ1v) is 12.2. The number of rotatable bonds is 1. The van der Waals surface area contributed by atoms with E-state index in [1.54, 1.807) is 0 Å². The summed E-state index contributed by atoms with van der Waals surface area (Å²) in [5.74, 6) is 0. The van der Waals surface area contributed by atoms with Crippen molar-refractivity contribution < 1.29 is 0 Å². The van der Waals surface area contributed by atoms with E-state index in [0.29, 0.717) is 6.04 Å². The summed E-state index contributed by atoms with van der Waals surface area (Å²) in [6.45, 7) is 9.85. The number of aryl methyl sites for hydroxylation is 2. The largest absolute Gasteiger partial charge is 0.366 e. The van der Waals surface area contributed by atoms with Crippen LogP contribution < -0.4 is 15.6 Å². The van der Waals surface area contributed by atoms with Gasteiger partial charge in [0.15, 0.2) is 0 Å². The van der Waals surface area contributed by atoms with Crippen molar-refractivity contribution in [2.24, 2.45) is 4.99 Å². The summed E-state index contributed by atoms with van der Waals surface area (Å²) in [5, 5.41) is 4.65. The number of hydrogen-bond acceptors (Lipinski definition) is 3. The van der Waals surface area contributed by atoms with Crippen molar-refractivity contribution in [3.8, 4) is 0 Å². The highest BCUT2D eigenvalue weighted by Crippen LogP contribution is 2.47. The minimum atomic E-state index is 0.0474. The molecule has 2 aromatic rings. The smallest absolute Gasteiger partial charge is 0.0806 e. The highest BCUT2D eigenvalue weighted by molar-refractivity contribution is 14.2. The lowest BCUT2D eigenvalue weighted by molar-refractivity contribution is 0.500. The van der Waals surface area contributed by atoms with Gasteiger partial charge in [-0.15, -0.1) is 0 Å². The Kier molecular flexibility index (Phi) is 4.43. The van der Waals surface area contributed by atoms with Crippen molar-refractivity contribution in [3.63, 3.8) is 0 Å². The number of nitrogens with one attached hydrogen (secondary N) is 1. The summed E-state index contributed by atoms with van der Waals surface area (Å²) in [6.07, 6.45) is 0. The fourth-order valence-corrected chi connectivity index (χ4v) is 7.03. The summed E-state index contributed by atoms with van der Waals surface area (Å²) in [7, 11) is 0.0474. The molecule has 0 bridgehead atoms. The van der Waals surface area contributed by atoms with Gasteiger partial charge in [0.05, 0.1) is 11.0 Å². The number of para-hydroxylation sites is 1. The van der Waals surface area contributed by atoms with Gasteiger partial charge >= 0.3 is 0 Å². The monoisotopic (exact) mass is 451 g/mol. The number of hydrogen-bond donors (Lipinski definition) is 1. The van der Waals surface area contributed by atoms with E-state index < -0.39 is 0 Å². The molecule has 1 saturated heterocycles. The van der Waals surface area contributed by atoms with E-state index in [0.717, 1.165) is 19.6 Å². The molecule has 0 aromatic heterocycles. The van der Waals surface area contributed by atoms with Crippen LogP contribution in [0, 0.1) is 18.4 Å². The molecular formula is C19H22IN3S. The van der Waals surface area contributed by atoms with Gasteiger partial charge in [-0.05, 0) is 71.3 Å². The normalized spacial score (nSPS) is 22.6. The number of fused-ring (bicyclic) bond motifs is 2. The first-order chi connectivity index (χ1) is 11.6. The number of piperazine rings is 1. The van der Waals surface area contributed by atoms with Crippen molar-refractivity contribution >= 4 is 40.2 Å². The number of anilines is 1. The molecule has 0 saturated carbocycles. The van der Waals surface area contributed by atoms with Crippen LogP contribution in [-0.2, 0) is 0 Å². The topological polar surface area (TPSA) is 27.6 Å². The molecule has 2 heterocycles. The summed E-state index contributed by atoms with van der Waals surface area (Å²) in [4.78, 5) is 8.95. The van der Waals surface area contributed by atoms with E-state index in [9.17, 15) is 0 Å². The number of halogens is 1. The van der Waals surface area contributed by atoms with Crippen LogP contribution in [0.1, 0.15) is 18.1 Å². The van der Waals surface area contributed by atoms with Gasteiger partial charge < -0.3 is 10.2 Å². The van der Waals surface area contributed by atoms with Gasteiger partial charge in [-0.3, -0.25) is 0 Å². The van der Waals surface area contributed by atoms with Crippen LogP contribution in [0.25, 0.3) is 0 Å². The fraction of sp³-hybridized carbons (Fsp3) is 0.368. The molecule has 0 aliphatic carbocycles. The molecule has 2 aromatic carbocycles. The molecule has 2 unspecified atom stereocenters. The molecule has 4 rings (SSSR count). The van der Waals surface area contributed by atoms with Crippen molar-refractivity contribution in [3.05, 3.63) is 51.3 Å². The second-order valence-corrected chi connectivity index (χ2v) is 10.7. The van der Waals surface area contributed by atoms with Gasteiger partial charge in [-0.25, -0.2) is 4.99 Å². The molecule has 0 spiro atoms. The Balaban J connectivity index is 1.91. The molecule has 126 valence electrons. The first-order valence-electron chi connectivity index (χ1n) is 8.40. The van der Waals surface area contributed by atoms with E-state index >= 15 is 0 Å². The van der Waals surface area contributed by atoms with Gasteiger partial charge in [0.25, 0.3) is 0 Å². The summed E-state index contributed by atoms with van der Waals surface area (Å²) >= 11 is 2.60. The molecule has 2 atom stereocenters. The molecule has 1 N–H and O–H groups in total. The van der Waals surface area contributed by atoms with Crippen LogP contribution in [0.4, 0.5) is 11.4 Å². The van der Waals surface area contributed by atoms with E-state index in [4.69, 9.17) is 4.99 Å². The summed E-state index contributed by atoms with van der Waals surface area (Å²) < 4.78 is 1.37. The minimum Gasteiger partial charge on any atom is -0.366 e. The minimum absolute atomic E-state index is 0.0474. The van der Waals surface area contributed by atoms with Crippen molar-refractivity contribution in [2.45, 2.75) is 31.7 Å². The number of nitrogens with zero attached hydrogens (tertiary/aromatic N) is 2. The first kappa shape index (κ1) is 16.5. The van der Waals surface area contributed by atoms with E-state index in [2.05, 4.69) is 82.5 Å². The zero-order valence-electron chi connectivity index (χ0n) is 14.3. The van der Waals surface area contributed by atoms with Gasteiger partial charge in [-0.2, -0.15) is 0 Å². The Labute approximate surface area is 157 Å². The second-order valence-electron chi connectivity index (χ2n) is 6.65. The molecule has 0 amide bonds. The SMILES string of the molecule is Cc1cc(N2CCNCC2C)cc2c1N=c1c(C)cccc1=S2I. The van der Waals surface area contributed by atoms with E-state index in [1.807, 2.05) is 0 Å². The van der Waals surface area contributed by atoms with E-state index in [-0.39, 0.29) is 7.66 Å². The van der Waals surface area contributed by atoms with Crippen molar-refractivity contribution in [1.29, 1.82) is 0 Å². The van der Waals surface area contributed by atoms with Crippen LogP contribution in [-0.4, -0.2) is 25.7 Å². The predicted octanol–water partition coefficient (Wildman–Crippen LogP) is 4.30. The Morgan fingerprint density at radius 2 is 2.08 bits per heavy atom. The Hall–Kier alpha value is -0.920. The molecule has 2 aliphatic rings. The highest BCUT2D eigenvalue weighted by atomic mass is 127. The van der Waals surface area contributed by atoms with Gasteiger partial charge in [0, 0.05) is 40.8 Å². The van der Waals surface area contributed by atoms with Crippen LogP contribution in [0.2, 0.25) is 0 Å². The lowest BCUT2D eigenvalue weighted by atomic mass is 10.1. The maximum absolute atomic E-state index is 5.03. The third-order valence-electron chi connectivity index (χ3n) is 4.89. The Morgan fingerprint density at radius 3 is 2.88 bits per heavy atom. The average molecular weight is 451 g/mol. The van der Waals surface area contributed by atoms with E-state index in [1.165, 1.54) is 37.3 Å². The molecule has 2 aliphatic heterocycles. The standard InChI is InChI=1S/C19H22IN3S/c1-12-5-4-6-16-18(12)22-19-13(2)9-15(10-17(19)24(16)20)23-8-7-21-11-14(23)3/h4-6,9-10,14,21H,7-8,11H2,1-3H3. The Morgan fingerprint density at radius 1 is 1.25 bits per heavy atom. The van der Waals surface area contributed by atoms with Gasteiger partial charge in [0.2, 0.25) is 0 Å². The average Bonchev–Trinajstić information content (AvgIpc) is 2.57. The predicted molar refractivity (Wildman–Crippen MR) is 112 cm³/mol. The van der Waals surface area contributed by atoms with Crippen LogP contribution in [0.5, 0.6) is 0 Å². The molecule has 5 heteroatoms. The maximum Gasteiger partial charge on any atom is 0.0806 e.